The Morgan fingerprint density at radius 2 is 0.900 bits per heavy atom. The molecule has 0 amide bonds. The number of phosphoric acid groups is 1. The topological polar surface area (TPSA) is 77.8 Å². The quantitative estimate of drug-likeness (QED) is 0.288. The molecule has 44 valence electrons. The van der Waals surface area contributed by atoms with Gasteiger partial charge in [-0.05, 0) is 0 Å². The zero-order valence-electron chi connectivity index (χ0n) is 12.9. The normalized spacial score (nSPS) is 5.90. The van der Waals surface area contributed by atoms with Gasteiger partial charge in [0.05, 0.1) is 0 Å². The van der Waals surface area contributed by atoms with Crippen LogP contribution >= 0.6 is 7.82 Å². The maximum atomic E-state index is 8.88. The van der Waals surface area contributed by atoms with Crippen molar-refractivity contribution in [3.8, 4) is 0 Å². The van der Waals surface area contributed by atoms with Crippen molar-refractivity contribution in [2.24, 2.45) is 0 Å². The molecular formula is H9CaNa4O4P. The minimum absolute atomic E-state index is 0. The number of rotatable bonds is 0. The van der Waals surface area contributed by atoms with Crippen LogP contribution in [0.5, 0.6) is 0 Å². The van der Waals surface area contributed by atoms with Crippen LogP contribution in [0.1, 0.15) is 8.56 Å². The van der Waals surface area contributed by atoms with E-state index in [4.69, 9.17) is 19.2 Å². The van der Waals surface area contributed by atoms with E-state index in [1.165, 1.54) is 0 Å². The van der Waals surface area contributed by atoms with E-state index in [1.54, 1.807) is 0 Å². The molecular weight excluding hydrogens is 227 g/mol. The maximum Gasteiger partial charge on any atom is 2.00 e. The third-order valence-corrected chi connectivity index (χ3v) is 0. The van der Waals surface area contributed by atoms with Crippen molar-refractivity contribution < 1.29 is 146 Å². The Kier molecular flexibility index (Phi) is 71.8. The van der Waals surface area contributed by atoms with Crippen molar-refractivity contribution in [2.75, 3.05) is 0 Å². The maximum absolute atomic E-state index is 8.88. The molecule has 0 fully saturated rings. The molecule has 10 heavy (non-hydrogen) atoms. The van der Waals surface area contributed by atoms with Crippen molar-refractivity contribution in [1.29, 1.82) is 0 Å². The van der Waals surface area contributed by atoms with Gasteiger partial charge in [0, 0.05) is 0 Å². The largest absolute Gasteiger partial charge is 2.00 e. The van der Waals surface area contributed by atoms with Crippen molar-refractivity contribution in [3.05, 3.63) is 0 Å². The second-order valence-corrected chi connectivity index (χ2v) is 1.54. The Balaban J connectivity index is -0.00000000145. The van der Waals surface area contributed by atoms with E-state index < -0.39 is 7.82 Å². The molecule has 0 aromatic carbocycles. The van der Waals surface area contributed by atoms with Gasteiger partial charge in [-0.1, -0.05) is 0 Å². The van der Waals surface area contributed by atoms with Crippen LogP contribution in [0.15, 0.2) is 0 Å². The molecule has 0 saturated carbocycles. The van der Waals surface area contributed by atoms with Crippen LogP contribution in [0.3, 0.4) is 0 Å². The van der Waals surface area contributed by atoms with E-state index in [0.29, 0.717) is 0 Å². The minimum Gasteiger partial charge on any atom is -1.00 e. The molecule has 0 aromatic heterocycles. The molecule has 0 aliphatic rings. The summed E-state index contributed by atoms with van der Waals surface area (Å²) in [6.45, 7) is 0. The molecule has 0 atom stereocenters. The molecule has 0 aromatic rings. The van der Waals surface area contributed by atoms with E-state index >= 15 is 0 Å². The summed E-state index contributed by atoms with van der Waals surface area (Å²) in [5.41, 5.74) is 0. The number of hydrogen-bond donors (Lipinski definition) is 3. The van der Waals surface area contributed by atoms with Gasteiger partial charge in [0.1, 0.15) is 0 Å². The van der Waals surface area contributed by atoms with Crippen LogP contribution in [0.25, 0.3) is 0 Å². The van der Waals surface area contributed by atoms with E-state index in [2.05, 4.69) is 0 Å². The van der Waals surface area contributed by atoms with Crippen LogP contribution in [-0.4, -0.2) is 52.4 Å². The van der Waals surface area contributed by atoms with Gasteiger partial charge in [-0.3, -0.25) is 0 Å². The SMILES string of the molecule is O=P(O)(O)O.[Ca+2].[H-].[H-].[H-].[H-].[H-].[H-].[Na+].[Na+].[Na+].[Na+]. The standard InChI is InChI=1S/Ca.4Na.H3O4P.6H/c;;;;;1-5(2,3)4;;;;;;/h;;;;;(H3,1,2,3,4);;;;;;/q+2;4*+1;;6*-1. The zero-order chi connectivity index (χ0) is 4.50. The minimum atomic E-state index is -4.64. The summed E-state index contributed by atoms with van der Waals surface area (Å²) in [5, 5.41) is 0. The van der Waals surface area contributed by atoms with Gasteiger partial charge in [0.15, 0.2) is 0 Å². The first-order valence-electron chi connectivity index (χ1n) is 0.783. The van der Waals surface area contributed by atoms with Crippen LogP contribution < -0.4 is 118 Å². The Morgan fingerprint density at radius 1 is 0.900 bits per heavy atom. The third kappa shape index (κ3) is 70.9. The van der Waals surface area contributed by atoms with Gasteiger partial charge < -0.3 is 23.2 Å². The predicted octanol–water partition coefficient (Wildman–Crippen LogP) is -12.6. The fourth-order valence-electron chi connectivity index (χ4n) is 0. The van der Waals surface area contributed by atoms with Crippen LogP contribution in [0.4, 0.5) is 0 Å². The zero-order valence-corrected chi connectivity index (χ0v) is 18.0. The van der Waals surface area contributed by atoms with Gasteiger partial charge in [-0.15, -0.1) is 0 Å². The van der Waals surface area contributed by atoms with Crippen molar-refractivity contribution in [1.82, 2.24) is 0 Å². The molecule has 0 aliphatic heterocycles. The molecule has 0 heterocycles. The van der Waals surface area contributed by atoms with Gasteiger partial charge in [-0.25, -0.2) is 4.57 Å². The molecule has 0 aliphatic carbocycles. The smallest absolute Gasteiger partial charge is 1.00 e. The molecule has 0 radical (unpaired) electrons. The summed E-state index contributed by atoms with van der Waals surface area (Å²) in [4.78, 5) is 21.6. The van der Waals surface area contributed by atoms with Crippen molar-refractivity contribution in [2.45, 2.75) is 0 Å². The van der Waals surface area contributed by atoms with Crippen molar-refractivity contribution in [3.63, 3.8) is 0 Å². The Bertz CT molecular complexity index is 78.7. The second kappa shape index (κ2) is 19.9. The molecule has 0 saturated heterocycles. The van der Waals surface area contributed by atoms with Gasteiger partial charge in [0.2, 0.25) is 0 Å². The van der Waals surface area contributed by atoms with Crippen molar-refractivity contribution >= 4 is 45.6 Å². The summed E-state index contributed by atoms with van der Waals surface area (Å²) in [6.07, 6.45) is 0. The van der Waals surface area contributed by atoms with Gasteiger partial charge >= 0.3 is 164 Å². The summed E-state index contributed by atoms with van der Waals surface area (Å²) in [7, 11) is -4.64. The molecule has 10 heteroatoms. The first kappa shape index (κ1) is 36.2. The van der Waals surface area contributed by atoms with E-state index in [-0.39, 0.29) is 165 Å². The van der Waals surface area contributed by atoms with Gasteiger partial charge in [0.25, 0.3) is 0 Å². The Hall–Kier alpha value is 5.37. The predicted molar refractivity (Wildman–Crippen MR) is 26.7 cm³/mol. The average Bonchev–Trinajstić information content (AvgIpc) is 0.722. The molecule has 3 N–H and O–H groups in total. The summed E-state index contributed by atoms with van der Waals surface area (Å²) in [6, 6.07) is 0. The Morgan fingerprint density at radius 3 is 0.900 bits per heavy atom. The molecule has 4 nitrogen and oxygen atoms in total. The first-order chi connectivity index (χ1) is 2.00. The van der Waals surface area contributed by atoms with Crippen LogP contribution in [-0.2, 0) is 4.57 Å². The number of hydrogen-bond acceptors (Lipinski definition) is 1. The van der Waals surface area contributed by atoms with E-state index in [9.17, 15) is 0 Å². The Labute approximate surface area is 187 Å². The summed E-state index contributed by atoms with van der Waals surface area (Å²) >= 11 is 0. The average molecular weight is 236 g/mol. The van der Waals surface area contributed by atoms with Crippen LogP contribution in [0, 0.1) is 0 Å². The van der Waals surface area contributed by atoms with E-state index in [0.717, 1.165) is 0 Å². The van der Waals surface area contributed by atoms with E-state index in [1.807, 2.05) is 0 Å². The van der Waals surface area contributed by atoms with Crippen LogP contribution in [0.2, 0.25) is 0 Å². The summed E-state index contributed by atoms with van der Waals surface area (Å²) < 4.78 is 8.88. The molecule has 0 unspecified atom stereocenters. The fraction of sp³-hybridized carbons (Fsp3) is 0. The fourth-order valence-corrected chi connectivity index (χ4v) is 0. The molecule has 0 bridgehead atoms. The summed E-state index contributed by atoms with van der Waals surface area (Å²) in [5.74, 6) is 0. The monoisotopic (exact) mass is 236 g/mol. The third-order valence-electron chi connectivity index (χ3n) is 0. The van der Waals surface area contributed by atoms with Gasteiger partial charge in [-0.2, -0.15) is 0 Å². The second-order valence-electron chi connectivity index (χ2n) is 0.513. The molecule has 0 spiro atoms. The first-order valence-corrected chi connectivity index (χ1v) is 2.35. The molecule has 0 rings (SSSR count).